The number of phenols is 1. The maximum absolute atomic E-state index is 9.76. The number of hydrogen-bond donors (Lipinski definition) is 2. The zero-order valence-corrected chi connectivity index (χ0v) is 8.06. The average Bonchev–Trinajstić information content (AvgIpc) is 2.50. The standard InChI is InChI=1S/C10H10O2S/c1-2-6-3-4-7-8(11)5-13-10(7)9(6)12/h3-5,11-12H,2H2,1H3. The molecule has 13 heavy (non-hydrogen) atoms. The van der Waals surface area contributed by atoms with Crippen LogP contribution in [0.15, 0.2) is 17.5 Å². The van der Waals surface area contributed by atoms with Gasteiger partial charge in [-0.05, 0) is 18.1 Å². The van der Waals surface area contributed by atoms with E-state index in [1.165, 1.54) is 11.3 Å². The Morgan fingerprint density at radius 3 is 2.77 bits per heavy atom. The first-order valence-corrected chi connectivity index (χ1v) is 5.03. The molecule has 0 amide bonds. The average molecular weight is 194 g/mol. The van der Waals surface area contributed by atoms with Crippen molar-refractivity contribution in [3.8, 4) is 11.5 Å². The largest absolute Gasteiger partial charge is 0.506 e. The summed E-state index contributed by atoms with van der Waals surface area (Å²) in [4.78, 5) is 0. The lowest BCUT2D eigenvalue weighted by molar-refractivity contribution is 0.474. The molecule has 0 aliphatic carbocycles. The number of fused-ring (bicyclic) bond motifs is 1. The van der Waals surface area contributed by atoms with Gasteiger partial charge in [-0.15, -0.1) is 11.3 Å². The molecule has 0 saturated heterocycles. The lowest BCUT2D eigenvalue weighted by atomic mass is 10.1. The SMILES string of the molecule is CCc1ccc2c(O)csc2c1O. The van der Waals surface area contributed by atoms with E-state index in [2.05, 4.69) is 0 Å². The molecule has 0 radical (unpaired) electrons. The summed E-state index contributed by atoms with van der Waals surface area (Å²) in [5.41, 5.74) is 0.925. The van der Waals surface area contributed by atoms with Crippen molar-refractivity contribution in [1.29, 1.82) is 0 Å². The zero-order valence-electron chi connectivity index (χ0n) is 7.24. The highest BCUT2D eigenvalue weighted by Gasteiger charge is 2.09. The van der Waals surface area contributed by atoms with Gasteiger partial charge in [-0.3, -0.25) is 0 Å². The summed E-state index contributed by atoms with van der Waals surface area (Å²) >= 11 is 1.37. The molecule has 1 aromatic heterocycles. The van der Waals surface area contributed by atoms with Crippen molar-refractivity contribution in [3.05, 3.63) is 23.1 Å². The second kappa shape index (κ2) is 2.92. The lowest BCUT2D eigenvalue weighted by Gasteiger charge is -2.01. The summed E-state index contributed by atoms with van der Waals surface area (Å²) in [6.07, 6.45) is 0.806. The molecule has 0 aliphatic rings. The van der Waals surface area contributed by atoms with Gasteiger partial charge in [-0.25, -0.2) is 0 Å². The topological polar surface area (TPSA) is 40.5 Å². The molecule has 2 N–H and O–H groups in total. The highest BCUT2D eigenvalue weighted by molar-refractivity contribution is 7.18. The minimum atomic E-state index is 0.248. The van der Waals surface area contributed by atoms with Crippen molar-refractivity contribution < 1.29 is 10.2 Å². The molecule has 0 aliphatic heterocycles. The van der Waals surface area contributed by atoms with E-state index < -0.39 is 0 Å². The van der Waals surface area contributed by atoms with Gasteiger partial charge >= 0.3 is 0 Å². The molecule has 0 spiro atoms. The lowest BCUT2D eigenvalue weighted by Crippen LogP contribution is -1.80. The molecule has 0 saturated carbocycles. The van der Waals surface area contributed by atoms with Crippen LogP contribution in [0.25, 0.3) is 10.1 Å². The number of aryl methyl sites for hydroxylation is 1. The maximum atomic E-state index is 9.76. The Hall–Kier alpha value is -1.22. The summed E-state index contributed by atoms with van der Waals surface area (Å²) < 4.78 is 0.775. The van der Waals surface area contributed by atoms with Gasteiger partial charge in [0, 0.05) is 10.8 Å². The van der Waals surface area contributed by atoms with Crippen LogP contribution in [0.5, 0.6) is 11.5 Å². The van der Waals surface area contributed by atoms with Crippen molar-refractivity contribution in [1.82, 2.24) is 0 Å². The predicted octanol–water partition coefficient (Wildman–Crippen LogP) is 2.87. The van der Waals surface area contributed by atoms with Gasteiger partial charge in [-0.1, -0.05) is 13.0 Å². The first-order valence-electron chi connectivity index (χ1n) is 4.15. The Kier molecular flexibility index (Phi) is 1.88. The van der Waals surface area contributed by atoms with Crippen LogP contribution in [-0.2, 0) is 6.42 Å². The molecule has 68 valence electrons. The molecule has 2 rings (SSSR count). The number of rotatable bonds is 1. The first-order chi connectivity index (χ1) is 6.24. The molecule has 0 bridgehead atoms. The van der Waals surface area contributed by atoms with Crippen LogP contribution in [0, 0.1) is 0 Å². The van der Waals surface area contributed by atoms with E-state index in [4.69, 9.17) is 0 Å². The second-order valence-corrected chi connectivity index (χ2v) is 3.80. The predicted molar refractivity (Wildman–Crippen MR) is 54.5 cm³/mol. The van der Waals surface area contributed by atoms with Crippen molar-refractivity contribution in [3.63, 3.8) is 0 Å². The Morgan fingerprint density at radius 1 is 1.31 bits per heavy atom. The van der Waals surface area contributed by atoms with Crippen LogP contribution < -0.4 is 0 Å². The van der Waals surface area contributed by atoms with E-state index in [0.29, 0.717) is 5.75 Å². The van der Waals surface area contributed by atoms with Gasteiger partial charge in [0.05, 0.1) is 4.70 Å². The van der Waals surface area contributed by atoms with Gasteiger partial charge in [-0.2, -0.15) is 0 Å². The van der Waals surface area contributed by atoms with E-state index in [0.717, 1.165) is 22.1 Å². The summed E-state index contributed by atoms with van der Waals surface area (Å²) in [5, 5.41) is 21.5. The van der Waals surface area contributed by atoms with Crippen molar-refractivity contribution in [2.24, 2.45) is 0 Å². The minimum absolute atomic E-state index is 0.248. The molecule has 0 atom stereocenters. The Bertz CT molecular complexity index is 445. The van der Waals surface area contributed by atoms with Gasteiger partial charge in [0.1, 0.15) is 11.5 Å². The van der Waals surface area contributed by atoms with E-state index >= 15 is 0 Å². The molecular weight excluding hydrogens is 184 g/mol. The Morgan fingerprint density at radius 2 is 2.08 bits per heavy atom. The highest BCUT2D eigenvalue weighted by atomic mass is 32.1. The fraction of sp³-hybridized carbons (Fsp3) is 0.200. The number of benzene rings is 1. The van der Waals surface area contributed by atoms with Crippen molar-refractivity contribution in [2.75, 3.05) is 0 Å². The fourth-order valence-electron chi connectivity index (χ4n) is 1.40. The van der Waals surface area contributed by atoms with Crippen LogP contribution in [0.4, 0.5) is 0 Å². The molecule has 1 heterocycles. The minimum Gasteiger partial charge on any atom is -0.506 e. The Balaban J connectivity index is 2.80. The second-order valence-electron chi connectivity index (χ2n) is 2.92. The molecular formula is C10H10O2S. The van der Waals surface area contributed by atoms with Crippen LogP contribution in [0.2, 0.25) is 0 Å². The van der Waals surface area contributed by atoms with Crippen molar-refractivity contribution in [2.45, 2.75) is 13.3 Å². The zero-order chi connectivity index (χ0) is 9.42. The van der Waals surface area contributed by atoms with Gasteiger partial charge in [0.25, 0.3) is 0 Å². The summed E-state index contributed by atoms with van der Waals surface area (Å²) in [7, 11) is 0. The number of phenolic OH excluding ortho intramolecular Hbond substituents is 1. The third-order valence-electron chi connectivity index (χ3n) is 2.16. The summed E-state index contributed by atoms with van der Waals surface area (Å²) in [6, 6.07) is 3.70. The van der Waals surface area contributed by atoms with E-state index in [1.807, 2.05) is 19.1 Å². The summed E-state index contributed by atoms with van der Waals surface area (Å²) in [6.45, 7) is 1.99. The van der Waals surface area contributed by atoms with Gasteiger partial charge in [0.15, 0.2) is 0 Å². The maximum Gasteiger partial charge on any atom is 0.136 e. The molecule has 3 heteroatoms. The van der Waals surface area contributed by atoms with E-state index in [1.54, 1.807) is 5.38 Å². The van der Waals surface area contributed by atoms with Crippen LogP contribution in [0.1, 0.15) is 12.5 Å². The van der Waals surface area contributed by atoms with E-state index in [9.17, 15) is 10.2 Å². The monoisotopic (exact) mass is 194 g/mol. The fourth-order valence-corrected chi connectivity index (χ4v) is 2.30. The van der Waals surface area contributed by atoms with Gasteiger partial charge < -0.3 is 10.2 Å². The number of hydrogen-bond acceptors (Lipinski definition) is 3. The smallest absolute Gasteiger partial charge is 0.136 e. The molecule has 1 aromatic carbocycles. The van der Waals surface area contributed by atoms with E-state index in [-0.39, 0.29) is 5.75 Å². The summed E-state index contributed by atoms with van der Waals surface area (Å²) in [5.74, 6) is 0.559. The number of thiophene rings is 1. The highest BCUT2D eigenvalue weighted by Crippen LogP contribution is 2.38. The van der Waals surface area contributed by atoms with Gasteiger partial charge in [0.2, 0.25) is 0 Å². The molecule has 2 nitrogen and oxygen atoms in total. The molecule has 0 fully saturated rings. The molecule has 0 unspecified atom stereocenters. The normalized spacial score (nSPS) is 10.8. The van der Waals surface area contributed by atoms with Crippen LogP contribution in [0.3, 0.4) is 0 Å². The van der Waals surface area contributed by atoms with Crippen LogP contribution in [-0.4, -0.2) is 10.2 Å². The van der Waals surface area contributed by atoms with Crippen molar-refractivity contribution >= 4 is 21.4 Å². The first kappa shape index (κ1) is 8.38. The molecule has 2 aromatic rings. The number of aromatic hydroxyl groups is 2. The van der Waals surface area contributed by atoms with Crippen LogP contribution >= 0.6 is 11.3 Å². The quantitative estimate of drug-likeness (QED) is 0.732. The third kappa shape index (κ3) is 1.16. The third-order valence-corrected chi connectivity index (χ3v) is 3.15. The Labute approximate surface area is 80.1 Å².